The zero-order chi connectivity index (χ0) is 33.0. The maximum atomic E-state index is 13.8. The van der Waals surface area contributed by atoms with Crippen LogP contribution in [0.5, 0.6) is 0 Å². The van der Waals surface area contributed by atoms with Crippen molar-refractivity contribution in [3.8, 4) is 0 Å². The van der Waals surface area contributed by atoms with Gasteiger partial charge in [-0.3, -0.25) is 9.47 Å². The molecule has 238 valence electrons. The van der Waals surface area contributed by atoms with Crippen LogP contribution in [0.15, 0.2) is 0 Å². The van der Waals surface area contributed by atoms with E-state index in [1.807, 2.05) is 9.78 Å². The fourth-order valence-corrected chi connectivity index (χ4v) is 1.42. The third-order valence-electron chi connectivity index (χ3n) is 3.43. The van der Waals surface area contributed by atoms with Crippen LogP contribution < -0.4 is 0 Å². The lowest BCUT2D eigenvalue weighted by molar-refractivity contribution is -0.482. The number of halogens is 22. The van der Waals surface area contributed by atoms with Gasteiger partial charge in [-0.2, -0.15) is 96.6 Å². The van der Waals surface area contributed by atoms with Crippen molar-refractivity contribution in [3.63, 3.8) is 0 Å². The Hall–Kier alpha value is -2.68. The maximum Gasteiger partial charge on any atom is 0.462 e. The van der Waals surface area contributed by atoms with E-state index >= 15 is 0 Å². The van der Waals surface area contributed by atoms with Gasteiger partial charge < -0.3 is 0 Å². The monoisotopic (exact) mass is 658 g/mol. The lowest BCUT2D eigenvalue weighted by atomic mass is 10.2. The minimum atomic E-state index is -7.85. The van der Waals surface area contributed by atoms with Gasteiger partial charge in [0.15, 0.2) is 0 Å². The fourth-order valence-electron chi connectivity index (χ4n) is 1.42. The Labute approximate surface area is 199 Å². The van der Waals surface area contributed by atoms with Crippen LogP contribution >= 0.6 is 0 Å². The molecular weight excluding hydrogens is 658 g/mol. The molecule has 0 saturated heterocycles. The summed E-state index contributed by atoms with van der Waals surface area (Å²) in [5, 5.41) is 0. The molecule has 0 radical (unpaired) electrons. The quantitative estimate of drug-likeness (QED) is 0.180. The van der Waals surface area contributed by atoms with Crippen molar-refractivity contribution >= 4 is 11.9 Å². The Morgan fingerprint density at radius 2 is 0.550 bits per heavy atom. The Morgan fingerprint density at radius 1 is 0.350 bits per heavy atom. The Kier molecular flexibility index (Phi) is 9.33. The lowest BCUT2D eigenvalue weighted by Crippen LogP contribution is -2.63. The number of ether oxygens (including phenoxy) is 2. The third kappa shape index (κ3) is 6.45. The van der Waals surface area contributed by atoms with Crippen LogP contribution in [-0.2, 0) is 28.8 Å². The predicted octanol–water partition coefficient (Wildman–Crippen LogP) is 6.06. The molecule has 0 heterocycles. The van der Waals surface area contributed by atoms with Gasteiger partial charge in [-0.1, -0.05) is 0 Å². The van der Waals surface area contributed by atoms with Crippen LogP contribution in [0, 0.1) is 0 Å². The van der Waals surface area contributed by atoms with E-state index in [1.165, 1.54) is 9.47 Å². The van der Waals surface area contributed by atoms with Crippen molar-refractivity contribution in [2.75, 3.05) is 0 Å². The van der Waals surface area contributed by atoms with Crippen LogP contribution in [0.4, 0.5) is 96.6 Å². The molecule has 0 spiro atoms. The largest absolute Gasteiger partial charge is 0.462 e. The van der Waals surface area contributed by atoms with E-state index in [0.29, 0.717) is 0 Å². The Bertz CT molecular complexity index is 868. The summed E-state index contributed by atoms with van der Waals surface area (Å²) in [5.41, 5.74) is 0. The molecule has 2 unspecified atom stereocenters. The molecule has 0 aromatic heterocycles. The molecule has 6 nitrogen and oxygen atoms in total. The van der Waals surface area contributed by atoms with Crippen molar-refractivity contribution in [1.82, 2.24) is 0 Å². The van der Waals surface area contributed by atoms with Crippen molar-refractivity contribution in [1.29, 1.82) is 0 Å². The van der Waals surface area contributed by atoms with E-state index in [0.717, 1.165) is 0 Å². The van der Waals surface area contributed by atoms with Crippen molar-refractivity contribution in [3.05, 3.63) is 0 Å². The van der Waals surface area contributed by atoms with Crippen LogP contribution in [0.3, 0.4) is 0 Å². The SMILES string of the molecule is O=C(OOC(=O)C(F)(OC(F)(F)C(F)(F)C(F)(F)F)C(F)(F)F)C(F)(OC(F)(F)C(F)(F)C(F)(F)F)C(F)(F)F. The first-order valence-corrected chi connectivity index (χ1v) is 7.96. The highest BCUT2D eigenvalue weighted by molar-refractivity contribution is 5.82. The lowest BCUT2D eigenvalue weighted by Gasteiger charge is -2.34. The second kappa shape index (κ2) is 10.00. The minimum Gasteiger partial charge on any atom is -0.260 e. The van der Waals surface area contributed by atoms with Gasteiger partial charge in [0.05, 0.1) is 0 Å². The van der Waals surface area contributed by atoms with Crippen molar-refractivity contribution in [2.45, 2.75) is 60.5 Å². The number of alkyl halides is 22. The fraction of sp³-hybridized carbons (Fsp3) is 0.833. The van der Waals surface area contributed by atoms with Gasteiger partial charge in [0.2, 0.25) is 0 Å². The average Bonchev–Trinajstić information content (AvgIpc) is 2.67. The number of hydrogen-bond acceptors (Lipinski definition) is 6. The summed E-state index contributed by atoms with van der Waals surface area (Å²) in [6, 6.07) is 0. The smallest absolute Gasteiger partial charge is 0.260 e. The number of carbonyl (C=O) groups is 2. The summed E-state index contributed by atoms with van der Waals surface area (Å²) < 4.78 is 280. The molecule has 0 aliphatic rings. The molecule has 0 saturated carbocycles. The summed E-state index contributed by atoms with van der Waals surface area (Å²) in [4.78, 5) is 26.0. The molecule has 2 atom stereocenters. The molecular formula is C12F22O6. The van der Waals surface area contributed by atoms with Gasteiger partial charge in [0, 0.05) is 0 Å². The molecule has 0 aliphatic carbocycles. The van der Waals surface area contributed by atoms with E-state index in [1.54, 1.807) is 0 Å². The molecule has 40 heavy (non-hydrogen) atoms. The highest BCUT2D eigenvalue weighted by Crippen LogP contribution is 2.53. The topological polar surface area (TPSA) is 71.1 Å². The van der Waals surface area contributed by atoms with E-state index in [4.69, 9.17) is 0 Å². The zero-order valence-electron chi connectivity index (χ0n) is 16.8. The van der Waals surface area contributed by atoms with Crippen molar-refractivity contribution in [2.24, 2.45) is 0 Å². The molecule has 28 heteroatoms. The summed E-state index contributed by atoms with van der Waals surface area (Å²) in [7, 11) is 0. The predicted molar refractivity (Wildman–Crippen MR) is 66.0 cm³/mol. The van der Waals surface area contributed by atoms with Gasteiger partial charge in [0.1, 0.15) is 0 Å². The second-order valence-corrected chi connectivity index (χ2v) is 6.31. The Morgan fingerprint density at radius 3 is 0.700 bits per heavy atom. The second-order valence-electron chi connectivity index (χ2n) is 6.31. The summed E-state index contributed by atoms with van der Waals surface area (Å²) in [6.45, 7) is 0. The first-order chi connectivity index (χ1) is 17.0. The van der Waals surface area contributed by atoms with Gasteiger partial charge in [-0.15, -0.1) is 0 Å². The average molecular weight is 658 g/mol. The molecule has 0 bridgehead atoms. The zero-order valence-corrected chi connectivity index (χ0v) is 16.8. The van der Waals surface area contributed by atoms with Crippen LogP contribution in [-0.4, -0.2) is 72.4 Å². The van der Waals surface area contributed by atoms with Gasteiger partial charge >= 0.3 is 72.4 Å². The van der Waals surface area contributed by atoms with Crippen LogP contribution in [0.25, 0.3) is 0 Å². The third-order valence-corrected chi connectivity index (χ3v) is 3.43. The highest BCUT2D eigenvalue weighted by atomic mass is 19.4. The van der Waals surface area contributed by atoms with E-state index < -0.39 is 72.4 Å². The van der Waals surface area contributed by atoms with Crippen LogP contribution in [0.2, 0.25) is 0 Å². The van der Waals surface area contributed by atoms with Gasteiger partial charge in [0.25, 0.3) is 0 Å². The first kappa shape index (κ1) is 37.3. The molecule has 0 aromatic rings. The summed E-state index contributed by atoms with van der Waals surface area (Å²) >= 11 is 0. The molecule has 0 amide bonds. The maximum absolute atomic E-state index is 13.8. The highest BCUT2D eigenvalue weighted by Gasteiger charge is 2.82. The molecule has 0 aliphatic heterocycles. The number of carbonyl (C=O) groups excluding carboxylic acids is 2. The van der Waals surface area contributed by atoms with E-state index in [9.17, 15) is 106 Å². The summed E-state index contributed by atoms with van der Waals surface area (Å²) in [5.74, 6) is -40.2. The van der Waals surface area contributed by atoms with Gasteiger partial charge in [-0.05, 0) is 0 Å². The van der Waals surface area contributed by atoms with Gasteiger partial charge in [-0.25, -0.2) is 19.4 Å². The molecule has 0 N–H and O–H groups in total. The summed E-state index contributed by atoms with van der Waals surface area (Å²) in [6.07, 6.45) is -46.3. The van der Waals surface area contributed by atoms with Crippen LogP contribution in [0.1, 0.15) is 0 Å². The van der Waals surface area contributed by atoms with E-state index in [-0.39, 0.29) is 0 Å². The molecule has 0 fully saturated rings. The number of hydrogen-bond donors (Lipinski definition) is 0. The number of rotatable bonds is 8. The Balaban J connectivity index is 6.39. The first-order valence-electron chi connectivity index (χ1n) is 7.96. The molecule has 0 rings (SSSR count). The minimum absolute atomic E-state index is 1.44. The van der Waals surface area contributed by atoms with Crippen molar-refractivity contribution < 1.29 is 125 Å². The standard InChI is InChI=1S/C12F22O6/c13-3(7(19,20)21,39-11(31,32)5(15,16)9(25,26)27)1(35)37-38-2(36)4(14,8(22,23)24)40-12(33,34)6(17,18)10(28,29)30. The normalized spacial score (nSPS) is 18.1. The molecule has 0 aromatic carbocycles. The van der Waals surface area contributed by atoms with E-state index in [2.05, 4.69) is 0 Å².